The van der Waals surface area contributed by atoms with Crippen molar-refractivity contribution in [2.24, 2.45) is 0 Å². The van der Waals surface area contributed by atoms with E-state index in [1.165, 1.54) is 9.80 Å². The summed E-state index contributed by atoms with van der Waals surface area (Å²) in [4.78, 5) is 2.43. The minimum Gasteiger partial charge on any atom is -0.0930 e. The van der Waals surface area contributed by atoms with E-state index in [0.717, 1.165) is 17.0 Å². The zero-order valence-corrected chi connectivity index (χ0v) is 11.8. The van der Waals surface area contributed by atoms with Gasteiger partial charge in [0.2, 0.25) is 0 Å². The van der Waals surface area contributed by atoms with Crippen LogP contribution in [0, 0.1) is 0 Å². The van der Waals surface area contributed by atoms with Crippen molar-refractivity contribution < 1.29 is 0 Å². The Hall–Kier alpha value is -1.18. The highest BCUT2D eigenvalue weighted by Crippen LogP contribution is 2.36. The summed E-state index contributed by atoms with van der Waals surface area (Å²) in [6, 6.07) is 20.5. The number of rotatable bonds is 4. The molecule has 18 heavy (non-hydrogen) atoms. The second-order valence-corrected chi connectivity index (χ2v) is 5.42. The Labute approximate surface area is 118 Å². The van der Waals surface area contributed by atoms with Crippen LogP contribution in [0.3, 0.4) is 0 Å². The van der Waals surface area contributed by atoms with Crippen molar-refractivity contribution in [3.05, 3.63) is 71.1 Å². The maximum Gasteiger partial charge on any atom is 0.0576 e. The number of halogens is 1. The number of hydrogen-bond acceptors (Lipinski definition) is 1. The molecule has 0 saturated carbocycles. The Bertz CT molecular complexity index is 517. The number of allylic oxidation sites excluding steroid dienone is 1. The third-order valence-corrected chi connectivity index (χ3v) is 4.38. The number of thioether (sulfide) groups is 1. The van der Waals surface area contributed by atoms with Crippen LogP contribution < -0.4 is 0 Å². The van der Waals surface area contributed by atoms with E-state index in [9.17, 15) is 0 Å². The summed E-state index contributed by atoms with van der Waals surface area (Å²) >= 11 is 8.22. The van der Waals surface area contributed by atoms with Gasteiger partial charge in [-0.25, -0.2) is 0 Å². The molecule has 0 radical (unpaired) electrons. The summed E-state index contributed by atoms with van der Waals surface area (Å²) in [7, 11) is 0. The van der Waals surface area contributed by atoms with Crippen LogP contribution in [-0.4, -0.2) is 0 Å². The third kappa shape index (κ3) is 3.41. The first-order chi connectivity index (χ1) is 8.81. The molecule has 0 amide bonds. The zero-order valence-electron chi connectivity index (χ0n) is 10.3. The van der Waals surface area contributed by atoms with Gasteiger partial charge in [-0.05, 0) is 24.1 Å². The second kappa shape index (κ2) is 6.67. The smallest absolute Gasteiger partial charge is 0.0576 e. The van der Waals surface area contributed by atoms with E-state index < -0.39 is 0 Å². The molecule has 2 aromatic rings. The van der Waals surface area contributed by atoms with Crippen molar-refractivity contribution in [2.75, 3.05) is 0 Å². The van der Waals surface area contributed by atoms with Gasteiger partial charge in [0.05, 0.1) is 5.03 Å². The van der Waals surface area contributed by atoms with Gasteiger partial charge in [0.25, 0.3) is 0 Å². The van der Waals surface area contributed by atoms with Gasteiger partial charge in [-0.15, -0.1) is 0 Å². The molecule has 0 fully saturated rings. The van der Waals surface area contributed by atoms with E-state index in [0.29, 0.717) is 0 Å². The molecule has 2 heteroatoms. The summed E-state index contributed by atoms with van der Waals surface area (Å²) in [6.45, 7) is 2.14. The molecule has 0 aliphatic heterocycles. The molecule has 0 aliphatic carbocycles. The lowest BCUT2D eigenvalue weighted by Crippen LogP contribution is -1.83. The molecular formula is C16H15ClS. The average molecular weight is 275 g/mol. The van der Waals surface area contributed by atoms with E-state index in [-0.39, 0.29) is 0 Å². The van der Waals surface area contributed by atoms with Gasteiger partial charge in [-0.2, -0.15) is 0 Å². The average Bonchev–Trinajstić information content (AvgIpc) is 2.46. The van der Waals surface area contributed by atoms with Crippen molar-refractivity contribution >= 4 is 28.4 Å². The fraction of sp³-hybridized carbons (Fsp3) is 0.125. The van der Waals surface area contributed by atoms with Crippen LogP contribution in [0.25, 0.3) is 5.03 Å². The molecule has 0 bridgehead atoms. The zero-order chi connectivity index (χ0) is 12.8. The van der Waals surface area contributed by atoms with Gasteiger partial charge in [0.15, 0.2) is 0 Å². The minimum atomic E-state index is 0.854. The minimum absolute atomic E-state index is 0.854. The summed E-state index contributed by atoms with van der Waals surface area (Å²) in [6.07, 6.45) is 0.938. The van der Waals surface area contributed by atoms with Gasteiger partial charge in [0, 0.05) is 9.80 Å². The van der Waals surface area contributed by atoms with Crippen LogP contribution >= 0.6 is 23.4 Å². The Morgan fingerprint density at radius 2 is 1.50 bits per heavy atom. The SMILES string of the molecule is CC/C(Sc1ccccc1)=C(\Cl)c1ccccc1. The molecular weight excluding hydrogens is 260 g/mol. The Morgan fingerprint density at radius 3 is 2.06 bits per heavy atom. The monoisotopic (exact) mass is 274 g/mol. The van der Waals surface area contributed by atoms with Crippen molar-refractivity contribution in [1.29, 1.82) is 0 Å². The lowest BCUT2D eigenvalue weighted by Gasteiger charge is -2.08. The molecule has 0 atom stereocenters. The molecule has 0 spiro atoms. The molecule has 92 valence electrons. The van der Waals surface area contributed by atoms with Crippen LogP contribution in [0.1, 0.15) is 18.9 Å². The highest BCUT2D eigenvalue weighted by molar-refractivity contribution is 8.03. The summed E-state index contributed by atoms with van der Waals surface area (Å²) in [5.41, 5.74) is 1.08. The maximum atomic E-state index is 6.48. The molecule has 0 N–H and O–H groups in total. The first-order valence-corrected chi connectivity index (χ1v) is 7.17. The second-order valence-electron chi connectivity index (χ2n) is 3.87. The van der Waals surface area contributed by atoms with E-state index in [1.807, 2.05) is 48.5 Å². The summed E-state index contributed by atoms with van der Waals surface area (Å²) in [5, 5.41) is 0.854. The van der Waals surface area contributed by atoms with Crippen LogP contribution in [0.5, 0.6) is 0 Å². The molecule has 2 rings (SSSR count). The van der Waals surface area contributed by atoms with Gasteiger partial charge < -0.3 is 0 Å². The van der Waals surface area contributed by atoms with Gasteiger partial charge in [-0.1, -0.05) is 78.8 Å². The maximum absolute atomic E-state index is 6.48. The summed E-state index contributed by atoms with van der Waals surface area (Å²) < 4.78 is 0. The standard InChI is InChI=1S/C16H15ClS/c1-2-15(18-14-11-7-4-8-12-14)16(17)13-9-5-3-6-10-13/h3-12H,2H2,1H3/b16-15+. The summed E-state index contributed by atoms with van der Waals surface area (Å²) in [5.74, 6) is 0. The molecule has 0 saturated heterocycles. The Kier molecular flexibility index (Phi) is 4.91. The van der Waals surface area contributed by atoms with E-state index in [1.54, 1.807) is 11.8 Å². The fourth-order valence-electron chi connectivity index (χ4n) is 1.65. The van der Waals surface area contributed by atoms with Gasteiger partial charge in [0.1, 0.15) is 0 Å². The normalized spacial score (nSPS) is 12.1. The van der Waals surface area contributed by atoms with Crippen molar-refractivity contribution in [3.63, 3.8) is 0 Å². The van der Waals surface area contributed by atoms with Gasteiger partial charge in [-0.3, -0.25) is 0 Å². The van der Waals surface area contributed by atoms with Crippen molar-refractivity contribution in [3.8, 4) is 0 Å². The molecule has 2 aromatic carbocycles. The predicted octanol–water partition coefficient (Wildman–Crippen LogP) is 5.80. The highest BCUT2D eigenvalue weighted by Gasteiger charge is 2.07. The largest absolute Gasteiger partial charge is 0.0930 e. The van der Waals surface area contributed by atoms with Crippen molar-refractivity contribution in [1.82, 2.24) is 0 Å². The first-order valence-electron chi connectivity index (χ1n) is 5.98. The number of benzene rings is 2. The molecule has 0 heterocycles. The predicted molar refractivity (Wildman–Crippen MR) is 81.8 cm³/mol. The first kappa shape index (κ1) is 13.3. The quantitative estimate of drug-likeness (QED) is 0.635. The fourth-order valence-corrected chi connectivity index (χ4v) is 2.95. The van der Waals surface area contributed by atoms with Crippen LogP contribution in [0.2, 0.25) is 0 Å². The Balaban J connectivity index is 2.28. The molecule has 0 aromatic heterocycles. The van der Waals surface area contributed by atoms with E-state index in [2.05, 4.69) is 19.1 Å². The van der Waals surface area contributed by atoms with Crippen molar-refractivity contribution in [2.45, 2.75) is 18.2 Å². The highest BCUT2D eigenvalue weighted by atomic mass is 35.5. The van der Waals surface area contributed by atoms with E-state index >= 15 is 0 Å². The van der Waals surface area contributed by atoms with Crippen LogP contribution in [0.15, 0.2) is 70.5 Å². The number of hydrogen-bond donors (Lipinski definition) is 0. The molecule has 0 nitrogen and oxygen atoms in total. The van der Waals surface area contributed by atoms with Gasteiger partial charge >= 0.3 is 0 Å². The van der Waals surface area contributed by atoms with E-state index in [4.69, 9.17) is 11.6 Å². The third-order valence-electron chi connectivity index (χ3n) is 2.58. The molecule has 0 unspecified atom stereocenters. The molecule has 0 aliphatic rings. The topological polar surface area (TPSA) is 0 Å². The van der Waals surface area contributed by atoms with Crippen LogP contribution in [-0.2, 0) is 0 Å². The Morgan fingerprint density at radius 1 is 0.944 bits per heavy atom. The lowest BCUT2D eigenvalue weighted by molar-refractivity contribution is 1.20. The lowest BCUT2D eigenvalue weighted by atomic mass is 10.2. The van der Waals surface area contributed by atoms with Crippen LogP contribution in [0.4, 0.5) is 0 Å².